The molecule has 0 spiro atoms. The number of benzene rings is 2. The summed E-state index contributed by atoms with van der Waals surface area (Å²) in [5.74, 6) is -0.149. The highest BCUT2D eigenvalue weighted by atomic mass is 35.5. The minimum Gasteiger partial charge on any atom is -0.324 e. The monoisotopic (exact) mass is 341 g/mol. The molecule has 0 aliphatic carbocycles. The second-order valence-corrected chi connectivity index (χ2v) is 6.12. The Morgan fingerprint density at radius 1 is 1.00 bits per heavy atom. The molecule has 0 fully saturated rings. The Bertz CT molecular complexity index is 698. The van der Waals surface area contributed by atoms with E-state index in [-0.39, 0.29) is 12.3 Å². The van der Waals surface area contributed by atoms with Crippen molar-refractivity contribution < 1.29 is 4.79 Å². The maximum atomic E-state index is 12.1. The lowest BCUT2D eigenvalue weighted by atomic mass is 10.0. The van der Waals surface area contributed by atoms with Gasteiger partial charge in [-0.25, -0.2) is 0 Å². The molecule has 2 aromatic carbocycles. The van der Waals surface area contributed by atoms with Gasteiger partial charge in [0.2, 0.25) is 5.91 Å². The first-order valence-electron chi connectivity index (χ1n) is 6.37. The first-order valence-corrected chi connectivity index (χ1v) is 7.50. The number of hydrogen-bond acceptors (Lipinski definition) is 1. The number of halogens is 3. The SMILES string of the molecule is Cc1ccc(C)c(CC(=O)Nc2cc(Cl)c(Cl)cc2Cl)c1. The Balaban J connectivity index is 2.15. The van der Waals surface area contributed by atoms with Crippen molar-refractivity contribution in [2.24, 2.45) is 0 Å². The van der Waals surface area contributed by atoms with E-state index in [0.29, 0.717) is 20.8 Å². The molecule has 2 rings (SSSR count). The summed E-state index contributed by atoms with van der Waals surface area (Å²) in [7, 11) is 0. The van der Waals surface area contributed by atoms with Gasteiger partial charge >= 0.3 is 0 Å². The van der Waals surface area contributed by atoms with E-state index in [0.717, 1.165) is 16.7 Å². The number of rotatable bonds is 3. The van der Waals surface area contributed by atoms with E-state index in [1.807, 2.05) is 32.0 Å². The zero-order chi connectivity index (χ0) is 15.6. The molecule has 0 bridgehead atoms. The lowest BCUT2D eigenvalue weighted by Gasteiger charge is -2.10. The number of anilines is 1. The second kappa shape index (κ2) is 6.69. The average molecular weight is 343 g/mol. The van der Waals surface area contributed by atoms with Crippen LogP contribution in [0.5, 0.6) is 0 Å². The first kappa shape index (κ1) is 16.2. The lowest BCUT2D eigenvalue weighted by molar-refractivity contribution is -0.115. The van der Waals surface area contributed by atoms with Gasteiger partial charge in [-0.15, -0.1) is 0 Å². The number of carbonyl (C=O) groups excluding carboxylic acids is 1. The van der Waals surface area contributed by atoms with Crippen molar-refractivity contribution in [1.29, 1.82) is 0 Å². The zero-order valence-corrected chi connectivity index (χ0v) is 13.9. The van der Waals surface area contributed by atoms with Crippen LogP contribution in [0.15, 0.2) is 30.3 Å². The van der Waals surface area contributed by atoms with Crippen LogP contribution < -0.4 is 5.32 Å². The van der Waals surface area contributed by atoms with E-state index in [1.165, 1.54) is 6.07 Å². The normalized spacial score (nSPS) is 10.5. The highest BCUT2D eigenvalue weighted by Gasteiger charge is 2.11. The molecule has 0 saturated carbocycles. The van der Waals surface area contributed by atoms with Crippen LogP contribution in [0.2, 0.25) is 15.1 Å². The molecule has 0 aliphatic heterocycles. The van der Waals surface area contributed by atoms with Crippen LogP contribution in [0.4, 0.5) is 5.69 Å². The number of carbonyl (C=O) groups is 1. The molecule has 0 atom stereocenters. The van der Waals surface area contributed by atoms with Gasteiger partial charge in [-0.3, -0.25) is 4.79 Å². The van der Waals surface area contributed by atoms with Crippen LogP contribution in [-0.2, 0) is 11.2 Å². The van der Waals surface area contributed by atoms with Crippen molar-refractivity contribution >= 4 is 46.4 Å². The van der Waals surface area contributed by atoms with E-state index < -0.39 is 0 Å². The van der Waals surface area contributed by atoms with Gasteiger partial charge < -0.3 is 5.32 Å². The van der Waals surface area contributed by atoms with Crippen molar-refractivity contribution in [1.82, 2.24) is 0 Å². The van der Waals surface area contributed by atoms with Gasteiger partial charge in [-0.2, -0.15) is 0 Å². The molecule has 21 heavy (non-hydrogen) atoms. The summed E-state index contributed by atoms with van der Waals surface area (Å²) in [5.41, 5.74) is 3.65. The van der Waals surface area contributed by atoms with Crippen LogP contribution in [0.25, 0.3) is 0 Å². The lowest BCUT2D eigenvalue weighted by Crippen LogP contribution is -2.15. The summed E-state index contributed by atoms with van der Waals surface area (Å²) in [6, 6.07) is 9.09. The molecule has 0 heterocycles. The van der Waals surface area contributed by atoms with Gasteiger partial charge in [0.05, 0.1) is 27.2 Å². The van der Waals surface area contributed by atoms with Gasteiger partial charge in [0.15, 0.2) is 0 Å². The van der Waals surface area contributed by atoms with E-state index >= 15 is 0 Å². The summed E-state index contributed by atoms with van der Waals surface area (Å²) in [5, 5.41) is 3.83. The van der Waals surface area contributed by atoms with Crippen molar-refractivity contribution in [3.8, 4) is 0 Å². The molecular formula is C16H14Cl3NO. The maximum absolute atomic E-state index is 12.1. The molecule has 1 N–H and O–H groups in total. The van der Waals surface area contributed by atoms with E-state index in [9.17, 15) is 4.79 Å². The number of hydrogen-bond donors (Lipinski definition) is 1. The second-order valence-electron chi connectivity index (χ2n) is 4.90. The number of amides is 1. The third-order valence-corrected chi connectivity index (χ3v) is 4.17. The Kier molecular flexibility index (Phi) is 5.15. The van der Waals surface area contributed by atoms with Crippen LogP contribution in [0.3, 0.4) is 0 Å². The average Bonchev–Trinajstić information content (AvgIpc) is 2.40. The number of aryl methyl sites for hydroxylation is 2. The van der Waals surface area contributed by atoms with Crippen LogP contribution >= 0.6 is 34.8 Å². The van der Waals surface area contributed by atoms with Crippen LogP contribution in [-0.4, -0.2) is 5.91 Å². The van der Waals surface area contributed by atoms with Gasteiger partial charge in [-0.1, -0.05) is 58.6 Å². The topological polar surface area (TPSA) is 29.1 Å². The fourth-order valence-corrected chi connectivity index (χ4v) is 2.57. The smallest absolute Gasteiger partial charge is 0.228 e. The predicted molar refractivity (Wildman–Crippen MR) is 89.7 cm³/mol. The van der Waals surface area contributed by atoms with Crippen molar-refractivity contribution in [2.45, 2.75) is 20.3 Å². The third-order valence-electron chi connectivity index (χ3n) is 3.14. The van der Waals surface area contributed by atoms with Gasteiger partial charge in [-0.05, 0) is 37.1 Å². The molecule has 5 heteroatoms. The van der Waals surface area contributed by atoms with Crippen LogP contribution in [0.1, 0.15) is 16.7 Å². The fourth-order valence-electron chi connectivity index (χ4n) is 1.98. The Morgan fingerprint density at radius 3 is 2.38 bits per heavy atom. The minimum absolute atomic E-state index is 0.149. The molecule has 0 aromatic heterocycles. The van der Waals surface area contributed by atoms with E-state index in [4.69, 9.17) is 34.8 Å². The molecular weight excluding hydrogens is 329 g/mol. The molecule has 0 aliphatic rings. The van der Waals surface area contributed by atoms with E-state index in [2.05, 4.69) is 5.32 Å². The predicted octanol–water partition coefficient (Wildman–Crippen LogP) is 5.44. The number of nitrogens with one attached hydrogen (secondary N) is 1. The highest BCUT2D eigenvalue weighted by Crippen LogP contribution is 2.32. The Morgan fingerprint density at radius 2 is 1.67 bits per heavy atom. The molecule has 0 saturated heterocycles. The van der Waals surface area contributed by atoms with Crippen molar-refractivity contribution in [3.63, 3.8) is 0 Å². The largest absolute Gasteiger partial charge is 0.324 e. The van der Waals surface area contributed by atoms with Crippen molar-refractivity contribution in [3.05, 3.63) is 62.1 Å². The summed E-state index contributed by atoms with van der Waals surface area (Å²) in [6.45, 7) is 3.98. The molecule has 110 valence electrons. The molecule has 0 unspecified atom stereocenters. The maximum Gasteiger partial charge on any atom is 0.228 e. The molecule has 2 nitrogen and oxygen atoms in total. The van der Waals surface area contributed by atoms with Crippen molar-refractivity contribution in [2.75, 3.05) is 5.32 Å². The van der Waals surface area contributed by atoms with Gasteiger partial charge in [0.25, 0.3) is 0 Å². The fraction of sp³-hybridized carbons (Fsp3) is 0.188. The quantitative estimate of drug-likeness (QED) is 0.739. The summed E-state index contributed by atoms with van der Waals surface area (Å²) in [6.07, 6.45) is 0.282. The highest BCUT2D eigenvalue weighted by molar-refractivity contribution is 6.44. The standard InChI is InChI=1S/C16H14Cl3NO/c1-9-3-4-10(2)11(5-9)6-16(21)20-15-8-13(18)12(17)7-14(15)19/h3-5,7-8H,6H2,1-2H3,(H,20,21). The van der Waals surface area contributed by atoms with E-state index in [1.54, 1.807) is 6.07 Å². The van der Waals surface area contributed by atoms with Gasteiger partial charge in [0.1, 0.15) is 0 Å². The molecule has 0 radical (unpaired) electrons. The minimum atomic E-state index is -0.149. The first-order chi connectivity index (χ1) is 9.86. The summed E-state index contributed by atoms with van der Waals surface area (Å²) in [4.78, 5) is 12.1. The Hall–Kier alpha value is -1.22. The summed E-state index contributed by atoms with van der Waals surface area (Å²) >= 11 is 17.8. The molecule has 1 amide bonds. The van der Waals surface area contributed by atoms with Gasteiger partial charge in [0, 0.05) is 0 Å². The van der Waals surface area contributed by atoms with Crippen LogP contribution in [0, 0.1) is 13.8 Å². The Labute approximate surface area is 139 Å². The molecule has 2 aromatic rings. The summed E-state index contributed by atoms with van der Waals surface area (Å²) < 4.78 is 0. The third kappa shape index (κ3) is 4.13. The zero-order valence-electron chi connectivity index (χ0n) is 11.6.